The van der Waals surface area contributed by atoms with Crippen LogP contribution in [0.25, 0.3) is 0 Å². The molecular formula is C14H16O. The molecular weight excluding hydrogens is 184 g/mol. The number of hydrogen-bond acceptors (Lipinski definition) is 1. The number of benzene rings is 2. The summed E-state index contributed by atoms with van der Waals surface area (Å²) in [6.45, 7) is 2.72. The van der Waals surface area contributed by atoms with Crippen molar-refractivity contribution in [1.82, 2.24) is 0 Å². The van der Waals surface area contributed by atoms with Crippen molar-refractivity contribution in [3.8, 4) is 5.75 Å². The van der Waals surface area contributed by atoms with Crippen LogP contribution >= 0.6 is 0 Å². The van der Waals surface area contributed by atoms with Gasteiger partial charge >= 0.3 is 0 Å². The number of hydrogen-bond donors (Lipinski definition) is 0. The van der Waals surface area contributed by atoms with Crippen LogP contribution in [0.2, 0.25) is 0 Å². The number of rotatable bonds is 2. The van der Waals surface area contributed by atoms with Crippen LogP contribution in [-0.2, 0) is 0 Å². The first-order chi connectivity index (χ1) is 7.43. The van der Waals surface area contributed by atoms with Crippen LogP contribution in [0.1, 0.15) is 6.92 Å². The Balaban J connectivity index is 0.000000162. The van der Waals surface area contributed by atoms with E-state index in [-0.39, 0.29) is 0 Å². The molecule has 1 heteroatoms. The number of ether oxygens (including phenoxy) is 1. The van der Waals surface area contributed by atoms with E-state index in [1.165, 1.54) is 0 Å². The third-order valence-electron chi connectivity index (χ3n) is 1.72. The maximum absolute atomic E-state index is 5.21. The lowest BCUT2D eigenvalue weighted by atomic mass is 10.3. The van der Waals surface area contributed by atoms with Gasteiger partial charge in [0, 0.05) is 0 Å². The summed E-state index contributed by atoms with van der Waals surface area (Å²) < 4.78 is 5.21. The predicted molar refractivity (Wildman–Crippen MR) is 64.1 cm³/mol. The first-order valence-corrected chi connectivity index (χ1v) is 5.11. The average Bonchev–Trinajstić information content (AvgIpc) is 2.34. The van der Waals surface area contributed by atoms with Crippen LogP contribution in [0.5, 0.6) is 5.75 Å². The minimum absolute atomic E-state index is 0.740. The molecule has 0 aromatic heterocycles. The van der Waals surface area contributed by atoms with Crippen molar-refractivity contribution in [1.29, 1.82) is 0 Å². The lowest BCUT2D eigenvalue weighted by Crippen LogP contribution is -1.89. The van der Waals surface area contributed by atoms with Gasteiger partial charge in [0.15, 0.2) is 0 Å². The van der Waals surface area contributed by atoms with Crippen molar-refractivity contribution >= 4 is 0 Å². The third kappa shape index (κ3) is 5.53. The summed E-state index contributed by atoms with van der Waals surface area (Å²) in [5, 5.41) is 0. The Morgan fingerprint density at radius 1 is 0.733 bits per heavy atom. The quantitative estimate of drug-likeness (QED) is 0.717. The molecule has 0 saturated heterocycles. The molecule has 2 rings (SSSR count). The monoisotopic (exact) mass is 200 g/mol. The fourth-order valence-corrected chi connectivity index (χ4v) is 1.07. The molecule has 0 heterocycles. The molecule has 0 amide bonds. The molecule has 0 atom stereocenters. The molecule has 15 heavy (non-hydrogen) atoms. The molecule has 0 aliphatic rings. The Bertz CT molecular complexity index is 302. The SMILES string of the molecule is CCOc1ccccc1.c1ccccc1. The smallest absolute Gasteiger partial charge is 0.119 e. The van der Waals surface area contributed by atoms with Gasteiger partial charge in [0.1, 0.15) is 5.75 Å². The van der Waals surface area contributed by atoms with Crippen LogP contribution in [0, 0.1) is 0 Å². The Morgan fingerprint density at radius 3 is 1.53 bits per heavy atom. The highest BCUT2D eigenvalue weighted by atomic mass is 16.5. The van der Waals surface area contributed by atoms with Crippen molar-refractivity contribution in [2.45, 2.75) is 6.92 Å². The van der Waals surface area contributed by atoms with Gasteiger partial charge in [-0.15, -0.1) is 0 Å². The Hall–Kier alpha value is -1.76. The minimum Gasteiger partial charge on any atom is -0.494 e. The van der Waals surface area contributed by atoms with Crippen LogP contribution in [0.3, 0.4) is 0 Å². The molecule has 2 aromatic carbocycles. The third-order valence-corrected chi connectivity index (χ3v) is 1.72. The molecule has 2 aromatic rings. The standard InChI is InChI=1S/C8H10O.C6H6/c1-2-9-8-6-4-3-5-7-8;1-2-4-6-5-3-1/h3-7H,2H2,1H3;1-6H. The Morgan fingerprint density at radius 2 is 1.13 bits per heavy atom. The van der Waals surface area contributed by atoms with E-state index >= 15 is 0 Å². The molecule has 0 spiro atoms. The second kappa shape index (κ2) is 7.63. The second-order valence-corrected chi connectivity index (χ2v) is 2.90. The van der Waals surface area contributed by atoms with E-state index in [2.05, 4.69) is 0 Å². The van der Waals surface area contributed by atoms with Crippen molar-refractivity contribution < 1.29 is 4.74 Å². The van der Waals surface area contributed by atoms with Crippen molar-refractivity contribution in [3.05, 3.63) is 66.7 Å². The molecule has 0 aliphatic heterocycles. The van der Waals surface area contributed by atoms with Gasteiger partial charge in [-0.1, -0.05) is 54.6 Å². The van der Waals surface area contributed by atoms with Crippen LogP contribution < -0.4 is 4.74 Å². The average molecular weight is 200 g/mol. The van der Waals surface area contributed by atoms with Crippen molar-refractivity contribution in [2.75, 3.05) is 6.61 Å². The predicted octanol–water partition coefficient (Wildman–Crippen LogP) is 3.77. The Kier molecular flexibility index (Phi) is 5.75. The highest BCUT2D eigenvalue weighted by Crippen LogP contribution is 2.06. The maximum atomic E-state index is 5.21. The minimum atomic E-state index is 0.740. The van der Waals surface area contributed by atoms with Crippen molar-refractivity contribution in [3.63, 3.8) is 0 Å². The largest absolute Gasteiger partial charge is 0.494 e. The highest BCUT2D eigenvalue weighted by Gasteiger charge is 1.83. The van der Waals surface area contributed by atoms with E-state index in [9.17, 15) is 0 Å². The van der Waals surface area contributed by atoms with Gasteiger partial charge < -0.3 is 4.74 Å². The highest BCUT2D eigenvalue weighted by molar-refractivity contribution is 5.20. The molecule has 1 nitrogen and oxygen atoms in total. The van der Waals surface area contributed by atoms with E-state index in [1.54, 1.807) is 0 Å². The topological polar surface area (TPSA) is 9.23 Å². The Labute approximate surface area is 91.3 Å². The van der Waals surface area contributed by atoms with E-state index in [4.69, 9.17) is 4.74 Å². The summed E-state index contributed by atoms with van der Waals surface area (Å²) >= 11 is 0. The first-order valence-electron chi connectivity index (χ1n) is 5.11. The fourth-order valence-electron chi connectivity index (χ4n) is 1.07. The van der Waals surface area contributed by atoms with E-state index < -0.39 is 0 Å². The number of para-hydroxylation sites is 1. The fraction of sp³-hybridized carbons (Fsp3) is 0.143. The molecule has 0 saturated carbocycles. The summed E-state index contributed by atoms with van der Waals surface area (Å²) in [5.74, 6) is 0.944. The lowest BCUT2D eigenvalue weighted by Gasteiger charge is -1.99. The van der Waals surface area contributed by atoms with E-state index in [0.717, 1.165) is 12.4 Å². The van der Waals surface area contributed by atoms with Gasteiger partial charge in [-0.05, 0) is 19.1 Å². The molecule has 78 valence electrons. The first kappa shape index (κ1) is 11.3. The molecule has 0 aliphatic carbocycles. The van der Waals surface area contributed by atoms with Crippen LogP contribution in [-0.4, -0.2) is 6.61 Å². The molecule has 0 N–H and O–H groups in total. The van der Waals surface area contributed by atoms with Crippen molar-refractivity contribution in [2.24, 2.45) is 0 Å². The van der Waals surface area contributed by atoms with Gasteiger partial charge in [-0.3, -0.25) is 0 Å². The normalized spacial score (nSPS) is 8.60. The summed E-state index contributed by atoms with van der Waals surface area (Å²) in [7, 11) is 0. The van der Waals surface area contributed by atoms with Gasteiger partial charge in [-0.2, -0.15) is 0 Å². The summed E-state index contributed by atoms with van der Waals surface area (Å²) in [5.41, 5.74) is 0. The summed E-state index contributed by atoms with van der Waals surface area (Å²) in [6, 6.07) is 21.8. The molecule has 0 radical (unpaired) electrons. The van der Waals surface area contributed by atoms with Crippen LogP contribution in [0.4, 0.5) is 0 Å². The van der Waals surface area contributed by atoms with Gasteiger partial charge in [0.05, 0.1) is 6.61 Å². The van der Waals surface area contributed by atoms with E-state index in [0.29, 0.717) is 0 Å². The molecule has 0 fully saturated rings. The van der Waals surface area contributed by atoms with E-state index in [1.807, 2.05) is 73.7 Å². The lowest BCUT2D eigenvalue weighted by molar-refractivity contribution is 0.340. The molecule has 0 bridgehead atoms. The van der Waals surface area contributed by atoms with Crippen LogP contribution in [0.15, 0.2) is 66.7 Å². The zero-order chi connectivity index (χ0) is 10.8. The van der Waals surface area contributed by atoms with Gasteiger partial charge in [-0.25, -0.2) is 0 Å². The second-order valence-electron chi connectivity index (χ2n) is 2.90. The summed E-state index contributed by atoms with van der Waals surface area (Å²) in [4.78, 5) is 0. The summed E-state index contributed by atoms with van der Waals surface area (Å²) in [6.07, 6.45) is 0. The van der Waals surface area contributed by atoms with Gasteiger partial charge in [0.2, 0.25) is 0 Å². The zero-order valence-electron chi connectivity index (χ0n) is 8.97. The maximum Gasteiger partial charge on any atom is 0.119 e. The van der Waals surface area contributed by atoms with Gasteiger partial charge in [0.25, 0.3) is 0 Å². The zero-order valence-corrected chi connectivity index (χ0v) is 8.97. The molecule has 0 unspecified atom stereocenters.